The highest BCUT2D eigenvalue weighted by atomic mass is 16.5. The van der Waals surface area contributed by atoms with Crippen molar-refractivity contribution in [1.29, 1.82) is 0 Å². The van der Waals surface area contributed by atoms with E-state index in [-0.39, 0.29) is 11.9 Å². The van der Waals surface area contributed by atoms with Crippen LogP contribution in [0.25, 0.3) is 0 Å². The van der Waals surface area contributed by atoms with E-state index in [2.05, 4.69) is 37.3 Å². The summed E-state index contributed by atoms with van der Waals surface area (Å²) in [7, 11) is 9.44. The first-order valence-electron chi connectivity index (χ1n) is 9.25. The van der Waals surface area contributed by atoms with Gasteiger partial charge >= 0.3 is 0 Å². The molecule has 0 fully saturated rings. The fourth-order valence-corrected chi connectivity index (χ4v) is 2.45. The molecule has 28 heavy (non-hydrogen) atoms. The van der Waals surface area contributed by atoms with E-state index in [4.69, 9.17) is 4.74 Å². The minimum absolute atomic E-state index is 0.123. The van der Waals surface area contributed by atoms with Gasteiger partial charge in [-0.15, -0.1) is 0 Å². The highest BCUT2D eigenvalue weighted by molar-refractivity contribution is 6.03. The number of amides is 1. The minimum atomic E-state index is -0.275. The number of likely N-dealkylation sites (N-methyl/N-ethyl adjacent to an activating group) is 2. The topological polar surface area (TPSA) is 81.2 Å². The Morgan fingerprint density at radius 2 is 1.89 bits per heavy atom. The van der Waals surface area contributed by atoms with E-state index in [1.807, 2.05) is 47.1 Å². The van der Waals surface area contributed by atoms with Gasteiger partial charge in [-0.2, -0.15) is 0 Å². The normalized spacial score (nSPS) is 11.4. The number of guanidine groups is 1. The SMILES string of the molecule is C=CC(=O)Nc1cc(N/C(=N/C(C)C)NC)c(OC)cc1N(C)CCN(C)C. The molecule has 1 rings (SSSR count). The van der Waals surface area contributed by atoms with Crippen LogP contribution in [0.1, 0.15) is 13.8 Å². The summed E-state index contributed by atoms with van der Waals surface area (Å²) in [6, 6.07) is 3.87. The minimum Gasteiger partial charge on any atom is -0.494 e. The molecule has 0 aliphatic rings. The van der Waals surface area contributed by atoms with Crippen LogP contribution in [-0.4, -0.2) is 71.2 Å². The molecule has 0 saturated carbocycles. The highest BCUT2D eigenvalue weighted by Crippen LogP contribution is 2.36. The summed E-state index contributed by atoms with van der Waals surface area (Å²) >= 11 is 0. The molecule has 0 spiro atoms. The molecular formula is C20H34N6O2. The Kier molecular flexibility index (Phi) is 9.31. The number of ether oxygens (including phenoxy) is 1. The van der Waals surface area contributed by atoms with Gasteiger partial charge in [0, 0.05) is 39.3 Å². The molecule has 0 aliphatic carbocycles. The zero-order chi connectivity index (χ0) is 21.3. The zero-order valence-electron chi connectivity index (χ0n) is 18.1. The second-order valence-electron chi connectivity index (χ2n) is 6.93. The van der Waals surface area contributed by atoms with Gasteiger partial charge in [-0.05, 0) is 40.1 Å². The molecule has 1 aromatic rings. The standard InChI is InChI=1S/C20H34N6O2/c1-9-19(27)23-15-12-16(24-20(21-4)22-14(2)3)18(28-8)13-17(15)26(7)11-10-25(5)6/h9,12-14H,1,10-11H2,2-8H3,(H,23,27)(H2,21,22,24). The number of carbonyl (C=O) groups excluding carboxylic acids is 1. The summed E-state index contributed by atoms with van der Waals surface area (Å²) in [5.41, 5.74) is 2.21. The van der Waals surface area contributed by atoms with Crippen LogP contribution >= 0.6 is 0 Å². The van der Waals surface area contributed by atoms with E-state index in [1.54, 1.807) is 14.2 Å². The van der Waals surface area contributed by atoms with Crippen molar-refractivity contribution < 1.29 is 9.53 Å². The molecule has 8 nitrogen and oxygen atoms in total. The maximum atomic E-state index is 12.0. The van der Waals surface area contributed by atoms with Crippen molar-refractivity contribution >= 4 is 28.9 Å². The van der Waals surface area contributed by atoms with E-state index in [9.17, 15) is 4.79 Å². The Morgan fingerprint density at radius 3 is 2.39 bits per heavy atom. The van der Waals surface area contributed by atoms with Crippen molar-refractivity contribution in [2.75, 3.05) is 63.9 Å². The Bertz CT molecular complexity index is 700. The van der Waals surface area contributed by atoms with Crippen molar-refractivity contribution in [2.24, 2.45) is 4.99 Å². The number of hydrogen-bond donors (Lipinski definition) is 3. The van der Waals surface area contributed by atoms with Gasteiger partial charge in [-0.3, -0.25) is 9.79 Å². The molecule has 8 heteroatoms. The van der Waals surface area contributed by atoms with Crippen LogP contribution < -0.4 is 25.6 Å². The number of benzene rings is 1. The lowest BCUT2D eigenvalue weighted by molar-refractivity contribution is -0.111. The van der Waals surface area contributed by atoms with E-state index < -0.39 is 0 Å². The summed E-state index contributed by atoms with van der Waals surface area (Å²) in [5.74, 6) is 0.987. The lowest BCUT2D eigenvalue weighted by atomic mass is 10.2. The second kappa shape index (κ2) is 11.2. The maximum absolute atomic E-state index is 12.0. The Labute approximate surface area is 168 Å². The number of rotatable bonds is 9. The predicted molar refractivity (Wildman–Crippen MR) is 119 cm³/mol. The lowest BCUT2D eigenvalue weighted by Gasteiger charge is -2.26. The first-order valence-corrected chi connectivity index (χ1v) is 9.25. The van der Waals surface area contributed by atoms with Crippen LogP contribution in [0.4, 0.5) is 17.1 Å². The van der Waals surface area contributed by atoms with E-state index in [1.165, 1.54) is 6.08 Å². The Balaban J connectivity index is 3.36. The van der Waals surface area contributed by atoms with E-state index in [0.717, 1.165) is 18.8 Å². The van der Waals surface area contributed by atoms with Gasteiger partial charge < -0.3 is 30.5 Å². The van der Waals surface area contributed by atoms with E-state index >= 15 is 0 Å². The van der Waals surface area contributed by atoms with Gasteiger partial charge in [0.15, 0.2) is 5.96 Å². The van der Waals surface area contributed by atoms with Gasteiger partial charge in [0.1, 0.15) is 5.75 Å². The van der Waals surface area contributed by atoms with Crippen molar-refractivity contribution in [3.8, 4) is 5.75 Å². The molecule has 0 saturated heterocycles. The Hall–Kier alpha value is -2.74. The smallest absolute Gasteiger partial charge is 0.247 e. The first-order chi connectivity index (χ1) is 13.2. The molecule has 156 valence electrons. The van der Waals surface area contributed by atoms with Gasteiger partial charge in [0.05, 0.1) is 24.2 Å². The third-order valence-electron chi connectivity index (χ3n) is 3.93. The van der Waals surface area contributed by atoms with Gasteiger partial charge in [0.25, 0.3) is 0 Å². The first kappa shape index (κ1) is 23.3. The summed E-state index contributed by atoms with van der Waals surface area (Å²) in [4.78, 5) is 20.6. The number of methoxy groups -OCH3 is 1. The van der Waals surface area contributed by atoms with Crippen molar-refractivity contribution in [3.63, 3.8) is 0 Å². The predicted octanol–water partition coefficient (Wildman–Crippen LogP) is 2.21. The van der Waals surface area contributed by atoms with Crippen molar-refractivity contribution in [1.82, 2.24) is 10.2 Å². The molecule has 1 aromatic carbocycles. The lowest BCUT2D eigenvalue weighted by Crippen LogP contribution is -2.30. The number of nitrogens with one attached hydrogen (secondary N) is 3. The molecular weight excluding hydrogens is 356 g/mol. The third kappa shape index (κ3) is 7.11. The van der Waals surface area contributed by atoms with Crippen LogP contribution in [-0.2, 0) is 4.79 Å². The van der Waals surface area contributed by atoms with Gasteiger partial charge in [0.2, 0.25) is 5.91 Å². The molecule has 0 aliphatic heterocycles. The van der Waals surface area contributed by atoms with E-state index in [0.29, 0.717) is 23.1 Å². The number of anilines is 3. The van der Waals surface area contributed by atoms with Crippen molar-refractivity contribution in [3.05, 3.63) is 24.8 Å². The largest absolute Gasteiger partial charge is 0.494 e. The fraction of sp³-hybridized carbons (Fsp3) is 0.500. The molecule has 1 amide bonds. The second-order valence-corrected chi connectivity index (χ2v) is 6.93. The molecule has 0 bridgehead atoms. The molecule has 0 unspecified atom stereocenters. The fourth-order valence-electron chi connectivity index (χ4n) is 2.45. The summed E-state index contributed by atoms with van der Waals surface area (Å²) in [6.45, 7) is 9.19. The highest BCUT2D eigenvalue weighted by Gasteiger charge is 2.16. The van der Waals surface area contributed by atoms with Gasteiger partial charge in [-0.1, -0.05) is 6.58 Å². The Morgan fingerprint density at radius 1 is 1.21 bits per heavy atom. The molecule has 3 N–H and O–H groups in total. The molecule has 0 aromatic heterocycles. The number of carbonyl (C=O) groups is 1. The molecule has 0 atom stereocenters. The summed E-state index contributed by atoms with van der Waals surface area (Å²) in [6.07, 6.45) is 1.25. The zero-order valence-corrected chi connectivity index (χ0v) is 18.1. The average molecular weight is 391 g/mol. The quantitative estimate of drug-likeness (QED) is 0.341. The number of nitrogens with zero attached hydrogens (tertiary/aromatic N) is 3. The number of hydrogen-bond acceptors (Lipinski definition) is 5. The van der Waals surface area contributed by atoms with Crippen LogP contribution in [0.5, 0.6) is 5.75 Å². The van der Waals surface area contributed by atoms with Crippen LogP contribution in [0.3, 0.4) is 0 Å². The molecule has 0 heterocycles. The monoisotopic (exact) mass is 390 g/mol. The third-order valence-corrected chi connectivity index (χ3v) is 3.93. The summed E-state index contributed by atoms with van der Waals surface area (Å²) < 4.78 is 5.58. The van der Waals surface area contributed by atoms with Gasteiger partial charge in [-0.25, -0.2) is 0 Å². The maximum Gasteiger partial charge on any atom is 0.247 e. The van der Waals surface area contributed by atoms with Crippen molar-refractivity contribution in [2.45, 2.75) is 19.9 Å². The summed E-state index contributed by atoms with van der Waals surface area (Å²) in [5, 5.41) is 9.16. The average Bonchev–Trinajstić information content (AvgIpc) is 2.65. The molecule has 0 radical (unpaired) electrons. The van der Waals surface area contributed by atoms with Crippen LogP contribution in [0.2, 0.25) is 0 Å². The van der Waals surface area contributed by atoms with Crippen LogP contribution in [0.15, 0.2) is 29.8 Å². The van der Waals surface area contributed by atoms with Crippen LogP contribution in [0, 0.1) is 0 Å². The number of aliphatic imine (C=N–C) groups is 1.